The predicted octanol–water partition coefficient (Wildman–Crippen LogP) is 2.20. The number of nitrogen functional groups attached to an aromatic ring is 1. The van der Waals surface area contributed by atoms with Crippen LogP contribution in [0.5, 0.6) is 0 Å². The van der Waals surface area contributed by atoms with Crippen LogP contribution in [-0.4, -0.2) is 28.5 Å². The topological polar surface area (TPSA) is 51.3 Å². The van der Waals surface area contributed by atoms with Crippen molar-refractivity contribution in [3.8, 4) is 0 Å². The molecule has 1 aliphatic carbocycles. The molecule has 0 saturated heterocycles. The number of nitrogens with two attached hydrogens (primary N) is 1. The van der Waals surface area contributed by atoms with E-state index in [1.807, 2.05) is 17.2 Å². The van der Waals surface area contributed by atoms with Gasteiger partial charge in [0.25, 0.3) is 5.91 Å². The second-order valence-electron chi connectivity index (χ2n) is 5.36. The van der Waals surface area contributed by atoms with Gasteiger partial charge in [-0.1, -0.05) is 11.6 Å². The SMILES string of the molecule is CC1=CCCN(C(=O)c2cc(N)cn2C2CC2)C1. The minimum Gasteiger partial charge on any atom is -0.397 e. The van der Waals surface area contributed by atoms with Crippen LogP contribution in [0.4, 0.5) is 5.69 Å². The van der Waals surface area contributed by atoms with Crippen molar-refractivity contribution in [3.05, 3.63) is 29.6 Å². The maximum atomic E-state index is 12.5. The monoisotopic (exact) mass is 245 g/mol. The fraction of sp³-hybridized carbons (Fsp3) is 0.500. The lowest BCUT2D eigenvalue weighted by atomic mass is 10.1. The lowest BCUT2D eigenvalue weighted by molar-refractivity contribution is 0.0755. The van der Waals surface area contributed by atoms with E-state index in [-0.39, 0.29) is 5.91 Å². The number of nitrogens with zero attached hydrogens (tertiary/aromatic N) is 2. The van der Waals surface area contributed by atoms with Gasteiger partial charge < -0.3 is 15.2 Å². The Kier molecular flexibility index (Phi) is 2.65. The minimum atomic E-state index is 0.117. The van der Waals surface area contributed by atoms with E-state index in [2.05, 4.69) is 17.6 Å². The third-order valence-corrected chi connectivity index (χ3v) is 3.65. The van der Waals surface area contributed by atoms with Gasteiger partial charge in [0.15, 0.2) is 0 Å². The van der Waals surface area contributed by atoms with Crippen LogP contribution < -0.4 is 5.73 Å². The van der Waals surface area contributed by atoms with Crippen molar-refractivity contribution in [3.63, 3.8) is 0 Å². The molecule has 1 saturated carbocycles. The Balaban J connectivity index is 1.85. The molecule has 0 bridgehead atoms. The summed E-state index contributed by atoms with van der Waals surface area (Å²) in [6.45, 7) is 3.63. The number of rotatable bonds is 2. The summed E-state index contributed by atoms with van der Waals surface area (Å²) in [4.78, 5) is 14.5. The fourth-order valence-electron chi connectivity index (χ4n) is 2.57. The number of anilines is 1. The first-order valence-electron chi connectivity index (χ1n) is 6.57. The first kappa shape index (κ1) is 11.4. The first-order valence-corrected chi connectivity index (χ1v) is 6.57. The summed E-state index contributed by atoms with van der Waals surface area (Å²) in [6.07, 6.45) is 7.38. The number of hydrogen-bond donors (Lipinski definition) is 1. The molecule has 0 radical (unpaired) electrons. The highest BCUT2D eigenvalue weighted by atomic mass is 16.2. The molecule has 1 aliphatic heterocycles. The third kappa shape index (κ3) is 2.03. The van der Waals surface area contributed by atoms with Gasteiger partial charge in [0.2, 0.25) is 0 Å². The maximum Gasteiger partial charge on any atom is 0.270 e. The Morgan fingerprint density at radius 3 is 2.89 bits per heavy atom. The van der Waals surface area contributed by atoms with Gasteiger partial charge in [0.1, 0.15) is 5.69 Å². The zero-order valence-electron chi connectivity index (χ0n) is 10.7. The largest absolute Gasteiger partial charge is 0.397 e. The molecule has 0 unspecified atom stereocenters. The van der Waals surface area contributed by atoms with Gasteiger partial charge in [-0.15, -0.1) is 0 Å². The smallest absolute Gasteiger partial charge is 0.270 e. The average Bonchev–Trinajstić information content (AvgIpc) is 3.12. The molecule has 2 aliphatic rings. The zero-order valence-corrected chi connectivity index (χ0v) is 10.7. The van der Waals surface area contributed by atoms with Gasteiger partial charge >= 0.3 is 0 Å². The molecule has 2 N–H and O–H groups in total. The molecule has 18 heavy (non-hydrogen) atoms. The Labute approximate surface area is 107 Å². The zero-order chi connectivity index (χ0) is 12.7. The van der Waals surface area contributed by atoms with Crippen LogP contribution in [0.3, 0.4) is 0 Å². The molecule has 1 fully saturated rings. The van der Waals surface area contributed by atoms with Crippen LogP contribution in [0, 0.1) is 0 Å². The number of amides is 1. The third-order valence-electron chi connectivity index (χ3n) is 3.65. The second kappa shape index (κ2) is 4.19. The second-order valence-corrected chi connectivity index (χ2v) is 5.36. The van der Waals surface area contributed by atoms with Gasteiger partial charge in [0.05, 0.1) is 5.69 Å². The number of carbonyl (C=O) groups is 1. The van der Waals surface area contributed by atoms with Crippen LogP contribution in [-0.2, 0) is 0 Å². The molecule has 4 heteroatoms. The lowest BCUT2D eigenvalue weighted by Crippen LogP contribution is -2.36. The van der Waals surface area contributed by atoms with Crippen molar-refractivity contribution in [2.24, 2.45) is 0 Å². The summed E-state index contributed by atoms with van der Waals surface area (Å²) in [6, 6.07) is 2.30. The number of aromatic nitrogens is 1. The average molecular weight is 245 g/mol. The number of hydrogen-bond acceptors (Lipinski definition) is 2. The molecule has 0 aromatic carbocycles. The summed E-state index contributed by atoms with van der Waals surface area (Å²) >= 11 is 0. The molecule has 3 rings (SSSR count). The lowest BCUT2D eigenvalue weighted by Gasteiger charge is -2.26. The Morgan fingerprint density at radius 2 is 2.22 bits per heavy atom. The van der Waals surface area contributed by atoms with Gasteiger partial charge in [-0.05, 0) is 32.3 Å². The Morgan fingerprint density at radius 1 is 1.44 bits per heavy atom. The van der Waals surface area contributed by atoms with E-state index in [0.29, 0.717) is 11.7 Å². The van der Waals surface area contributed by atoms with Crippen molar-refractivity contribution < 1.29 is 4.79 Å². The molecule has 0 atom stereocenters. The summed E-state index contributed by atoms with van der Waals surface area (Å²) < 4.78 is 2.06. The molecule has 4 nitrogen and oxygen atoms in total. The van der Waals surface area contributed by atoms with E-state index in [1.54, 1.807) is 0 Å². The van der Waals surface area contributed by atoms with Crippen LogP contribution in [0.25, 0.3) is 0 Å². The maximum absolute atomic E-state index is 12.5. The molecule has 1 amide bonds. The highest BCUT2D eigenvalue weighted by Gasteiger charge is 2.29. The molecular weight excluding hydrogens is 226 g/mol. The van der Waals surface area contributed by atoms with E-state index < -0.39 is 0 Å². The number of carbonyl (C=O) groups excluding carboxylic acids is 1. The molecule has 0 spiro atoms. The van der Waals surface area contributed by atoms with E-state index >= 15 is 0 Å². The minimum absolute atomic E-state index is 0.117. The summed E-state index contributed by atoms with van der Waals surface area (Å²) in [5.41, 5.74) is 8.55. The first-order chi connectivity index (χ1) is 8.65. The van der Waals surface area contributed by atoms with Crippen LogP contribution in [0.15, 0.2) is 23.9 Å². The van der Waals surface area contributed by atoms with Gasteiger partial charge in [-0.2, -0.15) is 0 Å². The molecular formula is C14H19N3O. The Hall–Kier alpha value is -1.71. The van der Waals surface area contributed by atoms with Crippen molar-refractivity contribution >= 4 is 11.6 Å². The predicted molar refractivity (Wildman–Crippen MR) is 71.4 cm³/mol. The molecule has 1 aromatic rings. The van der Waals surface area contributed by atoms with E-state index in [4.69, 9.17) is 5.73 Å². The molecule has 1 aromatic heterocycles. The fourth-order valence-corrected chi connectivity index (χ4v) is 2.57. The highest BCUT2D eigenvalue weighted by molar-refractivity contribution is 5.94. The highest BCUT2D eigenvalue weighted by Crippen LogP contribution is 2.37. The van der Waals surface area contributed by atoms with Crippen molar-refractivity contribution in [2.45, 2.75) is 32.2 Å². The van der Waals surface area contributed by atoms with Crippen molar-refractivity contribution in [1.29, 1.82) is 0 Å². The summed E-state index contributed by atoms with van der Waals surface area (Å²) in [5.74, 6) is 0.117. The van der Waals surface area contributed by atoms with E-state index in [0.717, 1.165) is 38.0 Å². The molecule has 96 valence electrons. The summed E-state index contributed by atoms with van der Waals surface area (Å²) in [7, 11) is 0. The molecule has 2 heterocycles. The van der Waals surface area contributed by atoms with Crippen LogP contribution in [0.2, 0.25) is 0 Å². The van der Waals surface area contributed by atoms with Crippen molar-refractivity contribution in [1.82, 2.24) is 9.47 Å². The quantitative estimate of drug-likeness (QED) is 0.812. The summed E-state index contributed by atoms with van der Waals surface area (Å²) in [5, 5.41) is 0. The van der Waals surface area contributed by atoms with E-state index in [1.165, 1.54) is 5.57 Å². The van der Waals surface area contributed by atoms with Gasteiger partial charge in [0, 0.05) is 25.3 Å². The standard InChI is InChI=1S/C14H19N3O/c1-10-3-2-6-16(8-10)14(18)13-7-11(15)9-17(13)12-4-5-12/h3,7,9,12H,2,4-6,8,15H2,1H3. The van der Waals surface area contributed by atoms with E-state index in [9.17, 15) is 4.79 Å². The van der Waals surface area contributed by atoms with Crippen molar-refractivity contribution in [2.75, 3.05) is 18.8 Å². The van der Waals surface area contributed by atoms with Crippen LogP contribution in [0.1, 0.15) is 42.7 Å². The normalized spacial score (nSPS) is 19.8. The van der Waals surface area contributed by atoms with Crippen LogP contribution >= 0.6 is 0 Å². The Bertz CT molecular complexity index is 511. The van der Waals surface area contributed by atoms with Gasteiger partial charge in [-0.3, -0.25) is 4.79 Å². The van der Waals surface area contributed by atoms with Gasteiger partial charge in [-0.25, -0.2) is 0 Å².